The fraction of sp³-hybridized carbons (Fsp3) is 0.526. The topological polar surface area (TPSA) is 106 Å². The summed E-state index contributed by atoms with van der Waals surface area (Å²) in [7, 11) is -3.53. The summed E-state index contributed by atoms with van der Waals surface area (Å²) in [5.41, 5.74) is -0.241. The smallest absolute Gasteiger partial charge is 0.379 e. The van der Waals surface area contributed by atoms with Gasteiger partial charge in [-0.25, -0.2) is 18.1 Å². The van der Waals surface area contributed by atoms with Crippen LogP contribution in [0.15, 0.2) is 24.5 Å². The van der Waals surface area contributed by atoms with Gasteiger partial charge in [-0.05, 0) is 18.1 Å². The zero-order valence-electron chi connectivity index (χ0n) is 17.6. The first-order valence-electron chi connectivity index (χ1n) is 9.96. The Morgan fingerprint density at radius 3 is 2.47 bits per heavy atom. The molecule has 2 aromatic heterocycles. The molecule has 32 heavy (non-hydrogen) atoms. The Balaban J connectivity index is 1.72. The number of nitrogens with zero attached hydrogens (tertiary/aromatic N) is 4. The van der Waals surface area contributed by atoms with Crippen LogP contribution >= 0.6 is 0 Å². The first-order chi connectivity index (χ1) is 15.0. The van der Waals surface area contributed by atoms with Crippen LogP contribution in [0.4, 0.5) is 13.2 Å². The zero-order valence-corrected chi connectivity index (χ0v) is 18.4. The average molecular weight is 475 g/mol. The van der Waals surface area contributed by atoms with Crippen LogP contribution in [0.2, 0.25) is 0 Å². The molecule has 0 saturated carbocycles. The number of sulfonamides is 1. The van der Waals surface area contributed by atoms with Crippen molar-refractivity contribution in [1.82, 2.24) is 24.4 Å². The molecular weight excluding hydrogens is 451 g/mol. The van der Waals surface area contributed by atoms with Gasteiger partial charge >= 0.3 is 6.18 Å². The van der Waals surface area contributed by atoms with E-state index in [9.17, 15) is 26.4 Å². The van der Waals surface area contributed by atoms with E-state index >= 15 is 0 Å². The SMILES string of the molecule is CC(C)c1c(C(=O)NCCS(=O)(=O)N2CCOCC2)cnn1-c1ccc(C(F)(F)F)cn1. The molecule has 9 nitrogen and oxygen atoms in total. The summed E-state index contributed by atoms with van der Waals surface area (Å²) in [4.78, 5) is 16.5. The summed E-state index contributed by atoms with van der Waals surface area (Å²) in [6.45, 7) is 4.73. The fourth-order valence-corrected chi connectivity index (χ4v) is 4.62. The number of hydrogen-bond donors (Lipinski definition) is 1. The van der Waals surface area contributed by atoms with Gasteiger partial charge in [0.15, 0.2) is 5.82 Å². The molecule has 0 atom stereocenters. The van der Waals surface area contributed by atoms with Gasteiger partial charge in [-0.2, -0.15) is 22.6 Å². The highest BCUT2D eigenvalue weighted by Crippen LogP contribution is 2.29. The van der Waals surface area contributed by atoms with Crippen molar-refractivity contribution >= 4 is 15.9 Å². The molecule has 0 aromatic carbocycles. The number of aromatic nitrogens is 3. The average Bonchev–Trinajstić information content (AvgIpc) is 3.19. The van der Waals surface area contributed by atoms with E-state index in [1.54, 1.807) is 13.8 Å². The Morgan fingerprint density at radius 1 is 1.22 bits per heavy atom. The molecular formula is C19H24F3N5O4S. The van der Waals surface area contributed by atoms with E-state index in [0.29, 0.717) is 25.1 Å². The quantitative estimate of drug-likeness (QED) is 0.655. The number of alkyl halides is 3. The molecule has 1 amide bonds. The number of morpholine rings is 1. The molecule has 2 aromatic rings. The Hall–Kier alpha value is -2.51. The van der Waals surface area contributed by atoms with Gasteiger partial charge in [0.2, 0.25) is 10.0 Å². The molecule has 1 fully saturated rings. The number of carbonyl (C=O) groups is 1. The van der Waals surface area contributed by atoms with Gasteiger partial charge in [-0.3, -0.25) is 4.79 Å². The maximum atomic E-state index is 12.8. The monoisotopic (exact) mass is 475 g/mol. The Morgan fingerprint density at radius 2 is 1.91 bits per heavy atom. The van der Waals surface area contributed by atoms with Crippen LogP contribution in [-0.2, 0) is 20.9 Å². The molecule has 0 unspecified atom stereocenters. The van der Waals surface area contributed by atoms with Gasteiger partial charge in [-0.1, -0.05) is 13.8 Å². The maximum absolute atomic E-state index is 12.8. The second kappa shape index (κ2) is 9.55. The number of nitrogens with one attached hydrogen (secondary N) is 1. The number of carbonyl (C=O) groups excluding carboxylic acids is 1. The predicted molar refractivity (Wildman–Crippen MR) is 109 cm³/mol. The van der Waals surface area contributed by atoms with Crippen molar-refractivity contribution in [3.63, 3.8) is 0 Å². The van der Waals surface area contributed by atoms with E-state index in [1.165, 1.54) is 21.3 Å². The fourth-order valence-electron chi connectivity index (χ4n) is 3.29. The molecule has 0 aliphatic carbocycles. The molecule has 0 spiro atoms. The molecule has 0 bridgehead atoms. The lowest BCUT2D eigenvalue weighted by Gasteiger charge is -2.26. The first-order valence-corrected chi connectivity index (χ1v) is 11.6. The van der Waals surface area contributed by atoms with Crippen LogP contribution in [0, 0.1) is 0 Å². The minimum Gasteiger partial charge on any atom is -0.379 e. The van der Waals surface area contributed by atoms with Crippen molar-refractivity contribution in [2.45, 2.75) is 25.9 Å². The van der Waals surface area contributed by atoms with Gasteiger partial charge in [0.25, 0.3) is 5.91 Å². The molecule has 0 radical (unpaired) electrons. The third-order valence-electron chi connectivity index (χ3n) is 4.90. The Labute approximate surface area is 183 Å². The summed E-state index contributed by atoms with van der Waals surface area (Å²) < 4.78 is 70.9. The van der Waals surface area contributed by atoms with E-state index < -0.39 is 27.7 Å². The van der Waals surface area contributed by atoms with Crippen molar-refractivity contribution in [2.75, 3.05) is 38.6 Å². The summed E-state index contributed by atoms with van der Waals surface area (Å²) in [5, 5.41) is 6.71. The molecule has 1 N–H and O–H groups in total. The molecule has 1 saturated heterocycles. The summed E-state index contributed by atoms with van der Waals surface area (Å²) >= 11 is 0. The number of pyridine rings is 1. The van der Waals surface area contributed by atoms with Crippen molar-refractivity contribution < 1.29 is 31.1 Å². The number of hydrogen-bond acceptors (Lipinski definition) is 6. The van der Waals surface area contributed by atoms with Crippen LogP contribution in [0.1, 0.15) is 41.4 Å². The molecule has 3 heterocycles. The minimum atomic E-state index is -4.51. The lowest BCUT2D eigenvalue weighted by molar-refractivity contribution is -0.137. The third kappa shape index (κ3) is 5.45. The lowest BCUT2D eigenvalue weighted by Crippen LogP contribution is -2.43. The summed E-state index contributed by atoms with van der Waals surface area (Å²) in [6, 6.07) is 2.07. The standard InChI is InChI=1S/C19H24F3N5O4S/c1-13(2)17-15(12-25-27(17)16-4-3-14(11-24-16)19(20,21)22)18(28)23-5-10-32(29,30)26-6-8-31-9-7-26/h3-4,11-13H,5-10H2,1-2H3,(H,23,28). The highest BCUT2D eigenvalue weighted by atomic mass is 32.2. The zero-order chi connectivity index (χ0) is 23.5. The molecule has 13 heteroatoms. The van der Waals surface area contributed by atoms with Gasteiger partial charge in [0.05, 0.1) is 42.0 Å². The van der Waals surface area contributed by atoms with Crippen LogP contribution < -0.4 is 5.32 Å². The van der Waals surface area contributed by atoms with Crippen molar-refractivity contribution in [1.29, 1.82) is 0 Å². The number of amides is 1. The predicted octanol–water partition coefficient (Wildman–Crippen LogP) is 1.80. The highest BCUT2D eigenvalue weighted by molar-refractivity contribution is 7.89. The molecule has 176 valence electrons. The highest BCUT2D eigenvalue weighted by Gasteiger charge is 2.31. The van der Waals surface area contributed by atoms with Gasteiger partial charge in [0.1, 0.15) is 0 Å². The summed E-state index contributed by atoms with van der Waals surface area (Å²) in [6.07, 6.45) is -2.51. The second-order valence-electron chi connectivity index (χ2n) is 7.50. The first kappa shape index (κ1) is 24.1. The van der Waals surface area contributed by atoms with E-state index in [0.717, 1.165) is 6.07 Å². The maximum Gasteiger partial charge on any atom is 0.417 e. The van der Waals surface area contributed by atoms with Gasteiger partial charge < -0.3 is 10.1 Å². The van der Waals surface area contributed by atoms with Crippen LogP contribution in [0.3, 0.4) is 0 Å². The number of rotatable bonds is 7. The van der Waals surface area contributed by atoms with Gasteiger partial charge in [0, 0.05) is 25.8 Å². The van der Waals surface area contributed by atoms with E-state index in [4.69, 9.17) is 4.74 Å². The van der Waals surface area contributed by atoms with Crippen molar-refractivity contribution in [2.24, 2.45) is 0 Å². The van der Waals surface area contributed by atoms with Gasteiger partial charge in [-0.15, -0.1) is 0 Å². The largest absolute Gasteiger partial charge is 0.417 e. The van der Waals surface area contributed by atoms with Crippen molar-refractivity contribution in [3.8, 4) is 5.82 Å². The van der Waals surface area contributed by atoms with E-state index in [1.807, 2.05) is 0 Å². The number of ether oxygens (including phenoxy) is 1. The third-order valence-corrected chi connectivity index (χ3v) is 6.77. The van der Waals surface area contributed by atoms with Crippen LogP contribution in [0.5, 0.6) is 0 Å². The molecule has 1 aliphatic rings. The minimum absolute atomic E-state index is 0.0975. The number of halogens is 3. The summed E-state index contributed by atoms with van der Waals surface area (Å²) in [5.74, 6) is -0.858. The van der Waals surface area contributed by atoms with E-state index in [2.05, 4.69) is 15.4 Å². The van der Waals surface area contributed by atoms with Crippen molar-refractivity contribution in [3.05, 3.63) is 41.3 Å². The van der Waals surface area contributed by atoms with E-state index in [-0.39, 0.29) is 42.7 Å². The second-order valence-corrected chi connectivity index (χ2v) is 9.58. The van der Waals surface area contributed by atoms with Crippen LogP contribution in [0.25, 0.3) is 5.82 Å². The Bertz CT molecular complexity index is 1050. The normalized spacial score (nSPS) is 15.8. The Kier molecular flexibility index (Phi) is 7.20. The van der Waals surface area contributed by atoms with Crippen LogP contribution in [-0.4, -0.2) is 72.0 Å². The lowest BCUT2D eigenvalue weighted by atomic mass is 10.1. The molecule has 1 aliphatic heterocycles. The molecule has 3 rings (SSSR count).